The zero-order valence-corrected chi connectivity index (χ0v) is 10.7. The first-order valence-electron chi connectivity index (χ1n) is 6.75. The SMILES string of the molecule is CC1CCN(C(=O)CC2(N)CCCC2)CC1O. The highest BCUT2D eigenvalue weighted by molar-refractivity contribution is 5.77. The second-order valence-electron chi connectivity index (χ2n) is 5.92. The topological polar surface area (TPSA) is 66.6 Å². The molecule has 1 aliphatic heterocycles. The van der Waals surface area contributed by atoms with Crippen LogP contribution in [-0.2, 0) is 4.79 Å². The maximum absolute atomic E-state index is 12.1. The molecule has 0 aromatic rings. The molecule has 1 saturated carbocycles. The van der Waals surface area contributed by atoms with Crippen molar-refractivity contribution in [3.63, 3.8) is 0 Å². The molecule has 0 bridgehead atoms. The number of nitrogens with zero attached hydrogens (tertiary/aromatic N) is 1. The molecule has 1 aliphatic carbocycles. The fourth-order valence-electron chi connectivity index (χ4n) is 2.94. The molecule has 0 aromatic carbocycles. The van der Waals surface area contributed by atoms with Gasteiger partial charge in [-0.2, -0.15) is 0 Å². The van der Waals surface area contributed by atoms with Gasteiger partial charge in [0.05, 0.1) is 6.10 Å². The summed E-state index contributed by atoms with van der Waals surface area (Å²) in [6.07, 6.45) is 5.19. The van der Waals surface area contributed by atoms with Crippen LogP contribution in [0.3, 0.4) is 0 Å². The van der Waals surface area contributed by atoms with E-state index in [9.17, 15) is 9.90 Å². The second kappa shape index (κ2) is 4.94. The van der Waals surface area contributed by atoms with E-state index in [4.69, 9.17) is 5.73 Å². The van der Waals surface area contributed by atoms with Crippen LogP contribution in [0.25, 0.3) is 0 Å². The lowest BCUT2D eigenvalue weighted by Gasteiger charge is -2.36. The fraction of sp³-hybridized carbons (Fsp3) is 0.923. The summed E-state index contributed by atoms with van der Waals surface area (Å²) >= 11 is 0. The molecule has 1 amide bonds. The van der Waals surface area contributed by atoms with Gasteiger partial charge in [0.1, 0.15) is 0 Å². The Hall–Kier alpha value is -0.610. The minimum Gasteiger partial charge on any atom is -0.391 e. The highest BCUT2D eigenvalue weighted by Gasteiger charge is 2.35. The van der Waals surface area contributed by atoms with E-state index in [0.717, 1.165) is 38.6 Å². The molecule has 1 saturated heterocycles. The van der Waals surface area contributed by atoms with Crippen molar-refractivity contribution in [3.8, 4) is 0 Å². The Labute approximate surface area is 103 Å². The van der Waals surface area contributed by atoms with Crippen LogP contribution in [0.2, 0.25) is 0 Å². The molecule has 2 fully saturated rings. The summed E-state index contributed by atoms with van der Waals surface area (Å²) in [5.41, 5.74) is 5.95. The number of piperidine rings is 1. The van der Waals surface area contributed by atoms with E-state index >= 15 is 0 Å². The van der Waals surface area contributed by atoms with Crippen LogP contribution in [-0.4, -0.2) is 40.6 Å². The van der Waals surface area contributed by atoms with Gasteiger partial charge in [0, 0.05) is 25.0 Å². The number of rotatable bonds is 2. The molecule has 4 heteroatoms. The first-order valence-corrected chi connectivity index (χ1v) is 6.75. The van der Waals surface area contributed by atoms with Gasteiger partial charge >= 0.3 is 0 Å². The van der Waals surface area contributed by atoms with E-state index in [1.165, 1.54) is 0 Å². The Morgan fingerprint density at radius 3 is 2.71 bits per heavy atom. The van der Waals surface area contributed by atoms with E-state index in [0.29, 0.717) is 18.9 Å². The van der Waals surface area contributed by atoms with Crippen molar-refractivity contribution in [1.82, 2.24) is 4.90 Å². The average molecular weight is 240 g/mol. The monoisotopic (exact) mass is 240 g/mol. The Kier molecular flexibility index (Phi) is 3.73. The van der Waals surface area contributed by atoms with Crippen molar-refractivity contribution < 1.29 is 9.90 Å². The molecule has 0 radical (unpaired) electrons. The number of carbonyl (C=O) groups is 1. The quantitative estimate of drug-likeness (QED) is 0.753. The van der Waals surface area contributed by atoms with Gasteiger partial charge in [-0.25, -0.2) is 0 Å². The lowest BCUT2D eigenvalue weighted by atomic mass is 9.92. The third-order valence-electron chi connectivity index (χ3n) is 4.37. The molecule has 3 N–H and O–H groups in total. The Bertz CT molecular complexity index is 287. The molecule has 1 heterocycles. The summed E-state index contributed by atoms with van der Waals surface area (Å²) in [6, 6.07) is 0. The van der Waals surface area contributed by atoms with Crippen LogP contribution in [0.5, 0.6) is 0 Å². The highest BCUT2D eigenvalue weighted by Crippen LogP contribution is 2.31. The predicted octanol–water partition coefficient (Wildman–Crippen LogP) is 0.877. The number of hydrogen-bond donors (Lipinski definition) is 2. The molecule has 0 spiro atoms. The summed E-state index contributed by atoms with van der Waals surface area (Å²) in [4.78, 5) is 13.9. The molecule has 0 aromatic heterocycles. The van der Waals surface area contributed by atoms with E-state index < -0.39 is 0 Å². The van der Waals surface area contributed by atoms with Crippen molar-refractivity contribution in [2.45, 2.75) is 57.1 Å². The summed E-state index contributed by atoms with van der Waals surface area (Å²) in [6.45, 7) is 3.29. The fourth-order valence-corrected chi connectivity index (χ4v) is 2.94. The van der Waals surface area contributed by atoms with E-state index in [1.54, 1.807) is 4.90 Å². The third kappa shape index (κ3) is 2.99. The van der Waals surface area contributed by atoms with Gasteiger partial charge in [-0.05, 0) is 25.2 Å². The molecular weight excluding hydrogens is 216 g/mol. The highest BCUT2D eigenvalue weighted by atomic mass is 16.3. The smallest absolute Gasteiger partial charge is 0.224 e. The Morgan fingerprint density at radius 2 is 2.12 bits per heavy atom. The number of β-amino-alcohol motifs (C(OH)–C–C–N with tert-alkyl or cyclic N) is 1. The number of aliphatic hydroxyl groups is 1. The normalized spacial score (nSPS) is 32.8. The van der Waals surface area contributed by atoms with E-state index in [-0.39, 0.29) is 17.6 Å². The first kappa shape index (κ1) is 12.8. The van der Waals surface area contributed by atoms with Gasteiger partial charge in [-0.3, -0.25) is 4.79 Å². The number of amides is 1. The van der Waals surface area contributed by atoms with Gasteiger partial charge in [0.15, 0.2) is 0 Å². The van der Waals surface area contributed by atoms with Crippen LogP contribution in [0, 0.1) is 5.92 Å². The molecule has 17 heavy (non-hydrogen) atoms. The molecule has 2 atom stereocenters. The van der Waals surface area contributed by atoms with Gasteiger partial charge in [0.2, 0.25) is 5.91 Å². The van der Waals surface area contributed by atoms with Gasteiger partial charge in [-0.1, -0.05) is 19.8 Å². The number of aliphatic hydroxyl groups excluding tert-OH is 1. The van der Waals surface area contributed by atoms with Crippen LogP contribution in [0.1, 0.15) is 45.4 Å². The van der Waals surface area contributed by atoms with E-state index in [1.807, 2.05) is 6.92 Å². The van der Waals surface area contributed by atoms with Crippen molar-refractivity contribution in [3.05, 3.63) is 0 Å². The van der Waals surface area contributed by atoms with Gasteiger partial charge in [0.25, 0.3) is 0 Å². The van der Waals surface area contributed by atoms with Crippen LogP contribution < -0.4 is 5.73 Å². The van der Waals surface area contributed by atoms with Crippen LogP contribution in [0.15, 0.2) is 0 Å². The molecule has 2 aliphatic rings. The number of carbonyl (C=O) groups excluding carboxylic acids is 1. The van der Waals surface area contributed by atoms with Gasteiger partial charge < -0.3 is 15.7 Å². The molecule has 4 nitrogen and oxygen atoms in total. The minimum absolute atomic E-state index is 0.125. The molecular formula is C13H24N2O2. The van der Waals surface area contributed by atoms with Crippen molar-refractivity contribution >= 4 is 5.91 Å². The maximum Gasteiger partial charge on any atom is 0.224 e. The number of nitrogens with two attached hydrogens (primary N) is 1. The number of likely N-dealkylation sites (tertiary alicyclic amines) is 1. The molecule has 98 valence electrons. The van der Waals surface area contributed by atoms with Crippen molar-refractivity contribution in [2.24, 2.45) is 11.7 Å². The van der Waals surface area contributed by atoms with E-state index in [2.05, 4.69) is 0 Å². The van der Waals surface area contributed by atoms with Crippen molar-refractivity contribution in [2.75, 3.05) is 13.1 Å². The minimum atomic E-state index is -0.370. The largest absolute Gasteiger partial charge is 0.391 e. The first-order chi connectivity index (χ1) is 8.00. The summed E-state index contributed by atoms with van der Waals surface area (Å²) in [5, 5.41) is 9.80. The Morgan fingerprint density at radius 1 is 1.47 bits per heavy atom. The summed E-state index contributed by atoms with van der Waals surface area (Å²) < 4.78 is 0. The van der Waals surface area contributed by atoms with Crippen LogP contribution >= 0.6 is 0 Å². The standard InChI is InChI=1S/C13H24N2O2/c1-10-4-7-15(9-11(10)16)12(17)8-13(14)5-2-3-6-13/h10-11,16H,2-9,14H2,1H3. The van der Waals surface area contributed by atoms with Gasteiger partial charge in [-0.15, -0.1) is 0 Å². The lowest BCUT2D eigenvalue weighted by molar-refractivity contribution is -0.136. The molecule has 2 rings (SSSR count). The summed E-state index contributed by atoms with van der Waals surface area (Å²) in [7, 11) is 0. The third-order valence-corrected chi connectivity index (χ3v) is 4.37. The second-order valence-corrected chi connectivity index (χ2v) is 5.92. The average Bonchev–Trinajstić information content (AvgIpc) is 2.69. The summed E-state index contributed by atoms with van der Waals surface area (Å²) in [5.74, 6) is 0.428. The molecule has 2 unspecified atom stereocenters. The Balaban J connectivity index is 1.88. The number of hydrogen-bond acceptors (Lipinski definition) is 3. The zero-order chi connectivity index (χ0) is 12.5. The zero-order valence-electron chi connectivity index (χ0n) is 10.7. The van der Waals surface area contributed by atoms with Crippen LogP contribution in [0.4, 0.5) is 0 Å². The predicted molar refractivity (Wildman–Crippen MR) is 66.4 cm³/mol. The lowest BCUT2D eigenvalue weighted by Crippen LogP contribution is -2.49. The maximum atomic E-state index is 12.1. The van der Waals surface area contributed by atoms with Crippen molar-refractivity contribution in [1.29, 1.82) is 0 Å².